The summed E-state index contributed by atoms with van der Waals surface area (Å²) in [5.74, 6) is -0.965. The summed E-state index contributed by atoms with van der Waals surface area (Å²) in [5.41, 5.74) is 2.14. The Bertz CT molecular complexity index is 1500. The van der Waals surface area contributed by atoms with Gasteiger partial charge in [0.05, 0.1) is 36.9 Å². The highest BCUT2D eigenvalue weighted by molar-refractivity contribution is 7.89. The highest BCUT2D eigenvalue weighted by Gasteiger charge is 2.55. The third-order valence-corrected chi connectivity index (χ3v) is 8.73. The molecule has 16 heteroatoms. The normalized spacial score (nSPS) is 20.6. The summed E-state index contributed by atoms with van der Waals surface area (Å²) >= 11 is 0. The number of amides is 2. The van der Waals surface area contributed by atoms with Crippen LogP contribution >= 0.6 is 0 Å². The fourth-order valence-corrected chi connectivity index (χ4v) is 6.64. The number of carbonyl (C=O) groups is 2. The molecule has 3 aromatic rings. The lowest BCUT2D eigenvalue weighted by Gasteiger charge is -2.44. The van der Waals surface area contributed by atoms with E-state index in [1.807, 2.05) is 0 Å². The van der Waals surface area contributed by atoms with E-state index in [0.717, 1.165) is 10.5 Å². The zero-order chi connectivity index (χ0) is 29.1. The molecule has 3 atom stereocenters. The number of hydroxylamine groups is 1. The number of fused-ring (bicyclic) bond motifs is 2. The maximum absolute atomic E-state index is 13.7. The predicted octanol–water partition coefficient (Wildman–Crippen LogP) is 1.69. The van der Waals surface area contributed by atoms with Crippen LogP contribution in [0.4, 0.5) is 9.18 Å². The molecule has 0 unspecified atom stereocenters. The van der Waals surface area contributed by atoms with E-state index >= 15 is 0 Å². The lowest BCUT2D eigenvalue weighted by molar-refractivity contribution is -0.136. The molecule has 5 rings (SSSR count). The van der Waals surface area contributed by atoms with Gasteiger partial charge in [-0.25, -0.2) is 32.7 Å². The van der Waals surface area contributed by atoms with E-state index in [-0.39, 0.29) is 36.4 Å². The zero-order valence-electron chi connectivity index (χ0n) is 21.8. The second-order valence-electron chi connectivity index (χ2n) is 9.34. The first-order valence-corrected chi connectivity index (χ1v) is 14.0. The molecule has 2 aromatic heterocycles. The standard InChI is InChI=1S/C25H27FN6O8S/c1-38-10-11-39-25(34)32-18-6-8-21(32)23(24(33)29-35)31(14-18)41(36,37)20-7-9-22(27-13-20)40-19-12-28-30(15-19)17-4-2-16(26)3-5-17/h2-5,7,9,12-13,15,18,21,23,35H,6,8,10-11,14H2,1H3,(H,29,33)/t18-,21+,23-/m1/s1. The van der Waals surface area contributed by atoms with Crippen LogP contribution in [-0.2, 0) is 24.3 Å². The van der Waals surface area contributed by atoms with Gasteiger partial charge >= 0.3 is 6.09 Å². The summed E-state index contributed by atoms with van der Waals surface area (Å²) in [4.78, 5) is 30.7. The van der Waals surface area contributed by atoms with E-state index in [2.05, 4.69) is 10.1 Å². The van der Waals surface area contributed by atoms with Crippen LogP contribution in [0.3, 0.4) is 0 Å². The number of hydrogen-bond acceptors (Lipinski definition) is 10. The molecule has 1 aromatic carbocycles. The molecular weight excluding hydrogens is 563 g/mol. The van der Waals surface area contributed by atoms with Gasteiger partial charge in [0.25, 0.3) is 5.91 Å². The van der Waals surface area contributed by atoms with Gasteiger partial charge in [0, 0.05) is 25.8 Å². The number of methoxy groups -OCH3 is 1. The van der Waals surface area contributed by atoms with Crippen LogP contribution in [-0.4, -0.2) is 94.6 Å². The number of sulfonamides is 1. The minimum absolute atomic E-state index is 0.00271. The molecule has 218 valence electrons. The molecule has 0 radical (unpaired) electrons. The number of nitrogens with zero attached hydrogens (tertiary/aromatic N) is 5. The van der Waals surface area contributed by atoms with Gasteiger partial charge in [0.1, 0.15) is 23.4 Å². The molecule has 2 bridgehead atoms. The largest absolute Gasteiger partial charge is 0.447 e. The zero-order valence-corrected chi connectivity index (χ0v) is 22.6. The van der Waals surface area contributed by atoms with Gasteiger partial charge < -0.3 is 14.2 Å². The quantitative estimate of drug-likeness (QED) is 0.213. The van der Waals surface area contributed by atoms with Crippen LogP contribution in [0.2, 0.25) is 0 Å². The summed E-state index contributed by atoms with van der Waals surface area (Å²) in [6.45, 7) is -0.00629. The van der Waals surface area contributed by atoms with Crippen LogP contribution in [0.1, 0.15) is 12.8 Å². The van der Waals surface area contributed by atoms with Crippen LogP contribution in [0, 0.1) is 5.82 Å². The molecule has 2 fully saturated rings. The molecule has 2 aliphatic rings. The fourth-order valence-electron chi connectivity index (χ4n) is 5.03. The molecule has 2 aliphatic heterocycles. The van der Waals surface area contributed by atoms with E-state index in [1.54, 1.807) is 18.3 Å². The van der Waals surface area contributed by atoms with Crippen LogP contribution in [0.25, 0.3) is 5.69 Å². The number of carbonyl (C=O) groups excluding carboxylic acids is 2. The Morgan fingerprint density at radius 3 is 2.59 bits per heavy atom. The Hall–Kier alpha value is -4.12. The molecule has 0 saturated carbocycles. The van der Waals surface area contributed by atoms with Crippen LogP contribution < -0.4 is 10.2 Å². The predicted molar refractivity (Wildman–Crippen MR) is 137 cm³/mol. The second kappa shape index (κ2) is 11.8. The lowest BCUT2D eigenvalue weighted by Crippen LogP contribution is -2.66. The monoisotopic (exact) mass is 590 g/mol. The van der Waals surface area contributed by atoms with E-state index in [0.29, 0.717) is 24.3 Å². The maximum atomic E-state index is 13.7. The highest BCUT2D eigenvalue weighted by atomic mass is 32.2. The number of ether oxygens (including phenoxy) is 3. The Labute approximate surface area is 234 Å². The minimum atomic E-state index is -4.29. The number of pyridine rings is 1. The van der Waals surface area contributed by atoms with Gasteiger partial charge in [-0.15, -0.1) is 0 Å². The van der Waals surface area contributed by atoms with Gasteiger partial charge in [0.2, 0.25) is 15.9 Å². The lowest BCUT2D eigenvalue weighted by atomic mass is 10.1. The van der Waals surface area contributed by atoms with Crippen molar-refractivity contribution in [2.24, 2.45) is 0 Å². The van der Waals surface area contributed by atoms with Crippen molar-refractivity contribution in [2.75, 3.05) is 26.9 Å². The van der Waals surface area contributed by atoms with E-state index in [9.17, 15) is 27.6 Å². The number of halogens is 1. The number of benzene rings is 1. The smallest absolute Gasteiger partial charge is 0.410 e. The average Bonchev–Trinajstić information content (AvgIpc) is 3.56. The minimum Gasteiger partial charge on any atom is -0.447 e. The van der Waals surface area contributed by atoms with Crippen molar-refractivity contribution < 1.29 is 41.8 Å². The first-order valence-electron chi connectivity index (χ1n) is 12.6. The van der Waals surface area contributed by atoms with Gasteiger partial charge in [-0.05, 0) is 43.2 Å². The van der Waals surface area contributed by atoms with Crippen LogP contribution in [0.5, 0.6) is 11.6 Å². The van der Waals surface area contributed by atoms with Gasteiger partial charge in [-0.3, -0.25) is 14.9 Å². The van der Waals surface area contributed by atoms with E-state index in [4.69, 9.17) is 14.2 Å². The van der Waals surface area contributed by atoms with Crippen molar-refractivity contribution in [3.8, 4) is 17.3 Å². The number of nitrogens with one attached hydrogen (secondary N) is 1. The molecule has 41 heavy (non-hydrogen) atoms. The molecular formula is C25H27FN6O8S. The second-order valence-corrected chi connectivity index (χ2v) is 11.2. The van der Waals surface area contributed by atoms with Crippen molar-refractivity contribution in [3.05, 3.63) is 60.8 Å². The summed E-state index contributed by atoms with van der Waals surface area (Å²) in [5, 5.41) is 13.6. The first-order chi connectivity index (χ1) is 19.7. The van der Waals surface area contributed by atoms with Crippen molar-refractivity contribution in [3.63, 3.8) is 0 Å². The molecule has 0 aliphatic carbocycles. The van der Waals surface area contributed by atoms with Crippen molar-refractivity contribution in [1.82, 2.24) is 29.4 Å². The third kappa shape index (κ3) is 5.72. The molecule has 2 N–H and O–H groups in total. The molecule has 2 saturated heterocycles. The number of rotatable bonds is 9. The molecule has 14 nitrogen and oxygen atoms in total. The Morgan fingerprint density at radius 1 is 1.12 bits per heavy atom. The summed E-state index contributed by atoms with van der Waals surface area (Å²) in [7, 11) is -2.83. The number of piperazine rings is 1. The van der Waals surface area contributed by atoms with E-state index < -0.39 is 40.1 Å². The van der Waals surface area contributed by atoms with Gasteiger partial charge in [-0.1, -0.05) is 0 Å². The fraction of sp³-hybridized carbons (Fsp3) is 0.360. The number of hydrogen-bond donors (Lipinski definition) is 2. The van der Waals surface area contributed by atoms with Crippen molar-refractivity contribution in [1.29, 1.82) is 0 Å². The van der Waals surface area contributed by atoms with Crippen molar-refractivity contribution >= 4 is 22.0 Å². The number of aromatic nitrogens is 3. The first kappa shape index (κ1) is 28.4. The maximum Gasteiger partial charge on any atom is 0.410 e. The molecule has 0 spiro atoms. The Morgan fingerprint density at radius 2 is 1.90 bits per heavy atom. The highest BCUT2D eigenvalue weighted by Crippen LogP contribution is 2.38. The molecule has 2 amide bonds. The average molecular weight is 591 g/mol. The van der Waals surface area contributed by atoms with Crippen molar-refractivity contribution in [2.45, 2.75) is 35.9 Å². The van der Waals surface area contributed by atoms with E-state index in [1.165, 1.54) is 52.6 Å². The van der Waals surface area contributed by atoms with Crippen LogP contribution in [0.15, 0.2) is 59.9 Å². The summed E-state index contributed by atoms with van der Waals surface area (Å²) in [6.07, 6.45) is 4.16. The Balaban J connectivity index is 1.33. The Kier molecular flexibility index (Phi) is 8.16. The summed E-state index contributed by atoms with van der Waals surface area (Å²) in [6, 6.07) is 5.55. The topological polar surface area (TPSA) is 165 Å². The SMILES string of the molecule is COCCOC(=O)N1[C@@H]2CC[C@H]1[C@H](C(=O)NO)N(S(=O)(=O)c1ccc(Oc3cnn(-c4ccc(F)cc4)c3)nc1)C2. The molecule has 4 heterocycles. The summed E-state index contributed by atoms with van der Waals surface area (Å²) < 4.78 is 58.8. The third-order valence-electron chi connectivity index (χ3n) is 6.90. The van der Waals surface area contributed by atoms with Gasteiger partial charge in [0.15, 0.2) is 5.75 Å². The van der Waals surface area contributed by atoms with Gasteiger partial charge in [-0.2, -0.15) is 9.40 Å².